The normalized spacial score (nSPS) is 11.2. The van der Waals surface area contributed by atoms with Gasteiger partial charge in [0.05, 0.1) is 26.2 Å². The van der Waals surface area contributed by atoms with Crippen LogP contribution in [0.15, 0.2) is 40.9 Å². The van der Waals surface area contributed by atoms with Crippen LogP contribution in [0.25, 0.3) is 0 Å². The van der Waals surface area contributed by atoms with Crippen molar-refractivity contribution in [1.82, 2.24) is 5.32 Å². The highest BCUT2D eigenvalue weighted by molar-refractivity contribution is 9.10. The summed E-state index contributed by atoms with van der Waals surface area (Å²) in [5.41, 5.74) is 0.722. The monoisotopic (exact) mass is 445 g/mol. The van der Waals surface area contributed by atoms with Crippen molar-refractivity contribution in [2.24, 2.45) is 0 Å². The van der Waals surface area contributed by atoms with Gasteiger partial charge in [0.15, 0.2) is 11.5 Å². The van der Waals surface area contributed by atoms with Gasteiger partial charge < -0.3 is 14.8 Å². The minimum Gasteiger partial charge on any atom is -0.493 e. The maximum atomic E-state index is 12.5. The highest BCUT2D eigenvalue weighted by Gasteiger charge is 2.29. The van der Waals surface area contributed by atoms with Gasteiger partial charge in [-0.05, 0) is 41.8 Å². The van der Waals surface area contributed by atoms with Gasteiger partial charge in [-0.1, -0.05) is 28.1 Å². The summed E-state index contributed by atoms with van der Waals surface area (Å²) in [6.45, 7) is 0.382. The summed E-state index contributed by atoms with van der Waals surface area (Å²) in [5, 5.41) is 2.76. The molecule has 4 nitrogen and oxygen atoms in total. The molecule has 2 aromatic rings. The van der Waals surface area contributed by atoms with Gasteiger partial charge >= 0.3 is 6.18 Å². The first-order valence-electron chi connectivity index (χ1n) is 8.08. The smallest absolute Gasteiger partial charge is 0.416 e. The standard InChI is InChI=1S/C19H19BrF3NO3/c1-26-16-10-13(15(20)11-17(16)27-2)7-8-24-18(25)9-12-3-5-14(6-4-12)19(21,22)23/h3-6,10-11H,7-9H2,1-2H3,(H,24,25). The van der Waals surface area contributed by atoms with E-state index >= 15 is 0 Å². The summed E-state index contributed by atoms with van der Waals surface area (Å²) < 4.78 is 48.9. The molecule has 0 bridgehead atoms. The second-order valence-corrected chi connectivity index (χ2v) is 6.62. The number of ether oxygens (including phenoxy) is 2. The minimum atomic E-state index is -4.38. The molecule has 0 atom stereocenters. The summed E-state index contributed by atoms with van der Waals surface area (Å²) in [7, 11) is 3.09. The number of hydrogen-bond acceptors (Lipinski definition) is 3. The van der Waals surface area contributed by atoms with E-state index in [1.807, 2.05) is 6.07 Å². The van der Waals surface area contributed by atoms with E-state index in [1.165, 1.54) is 12.1 Å². The van der Waals surface area contributed by atoms with Crippen LogP contribution in [0, 0.1) is 0 Å². The van der Waals surface area contributed by atoms with Crippen LogP contribution < -0.4 is 14.8 Å². The van der Waals surface area contributed by atoms with Crippen molar-refractivity contribution in [2.75, 3.05) is 20.8 Å². The number of hydrogen-bond donors (Lipinski definition) is 1. The van der Waals surface area contributed by atoms with Crippen LogP contribution in [0.4, 0.5) is 13.2 Å². The van der Waals surface area contributed by atoms with Gasteiger partial charge in [0.25, 0.3) is 0 Å². The Balaban J connectivity index is 1.89. The molecule has 0 aliphatic heterocycles. The quantitative estimate of drug-likeness (QED) is 0.687. The molecule has 8 heteroatoms. The van der Waals surface area contributed by atoms with Crippen LogP contribution in [-0.4, -0.2) is 26.7 Å². The molecule has 146 valence electrons. The fourth-order valence-electron chi connectivity index (χ4n) is 2.48. The van der Waals surface area contributed by atoms with Crippen molar-refractivity contribution in [3.63, 3.8) is 0 Å². The molecule has 0 aliphatic carbocycles. The number of carbonyl (C=O) groups is 1. The summed E-state index contributed by atoms with van der Waals surface area (Å²) in [5.74, 6) is 0.928. The van der Waals surface area contributed by atoms with E-state index in [0.717, 1.165) is 22.2 Å². The third-order valence-corrected chi connectivity index (χ3v) is 4.65. The maximum absolute atomic E-state index is 12.5. The molecular weight excluding hydrogens is 427 g/mol. The number of methoxy groups -OCH3 is 2. The molecule has 27 heavy (non-hydrogen) atoms. The van der Waals surface area contributed by atoms with Crippen molar-refractivity contribution in [1.29, 1.82) is 0 Å². The molecule has 1 N–H and O–H groups in total. The molecule has 0 aromatic heterocycles. The van der Waals surface area contributed by atoms with Gasteiger partial charge in [0.1, 0.15) is 0 Å². The van der Waals surface area contributed by atoms with Gasteiger partial charge in [-0.3, -0.25) is 4.79 Å². The SMILES string of the molecule is COc1cc(Br)c(CCNC(=O)Cc2ccc(C(F)(F)F)cc2)cc1OC. The number of rotatable bonds is 7. The predicted octanol–water partition coefficient (Wildman–Crippen LogP) is 4.39. The highest BCUT2D eigenvalue weighted by atomic mass is 79.9. The molecule has 0 aliphatic rings. The Morgan fingerprint density at radius 1 is 1.07 bits per heavy atom. The van der Waals surface area contributed by atoms with Crippen LogP contribution in [0.3, 0.4) is 0 Å². The summed E-state index contributed by atoms with van der Waals surface area (Å²) in [4.78, 5) is 12.0. The highest BCUT2D eigenvalue weighted by Crippen LogP contribution is 2.33. The Hall–Kier alpha value is -2.22. The van der Waals surface area contributed by atoms with E-state index in [9.17, 15) is 18.0 Å². The average molecular weight is 446 g/mol. The summed E-state index contributed by atoms with van der Waals surface area (Å²) in [6.07, 6.45) is -3.81. The van der Waals surface area contributed by atoms with Gasteiger partial charge in [0.2, 0.25) is 5.91 Å². The number of amides is 1. The van der Waals surface area contributed by atoms with Crippen LogP contribution >= 0.6 is 15.9 Å². The number of alkyl halides is 3. The summed E-state index contributed by atoms with van der Waals surface area (Å²) >= 11 is 3.45. The van der Waals surface area contributed by atoms with E-state index in [-0.39, 0.29) is 12.3 Å². The van der Waals surface area contributed by atoms with Crippen LogP contribution in [-0.2, 0) is 23.8 Å². The molecule has 0 heterocycles. The second-order valence-electron chi connectivity index (χ2n) is 5.77. The van der Waals surface area contributed by atoms with Crippen molar-refractivity contribution in [3.8, 4) is 11.5 Å². The third kappa shape index (κ3) is 5.89. The molecule has 2 aromatic carbocycles. The molecule has 0 spiro atoms. The first-order chi connectivity index (χ1) is 12.7. The van der Waals surface area contributed by atoms with Crippen LogP contribution in [0.1, 0.15) is 16.7 Å². The lowest BCUT2D eigenvalue weighted by Crippen LogP contribution is -2.27. The maximum Gasteiger partial charge on any atom is 0.416 e. The Kier molecular flexibility index (Phi) is 7.12. The zero-order chi connectivity index (χ0) is 20.0. The number of nitrogens with one attached hydrogen (secondary N) is 1. The first-order valence-corrected chi connectivity index (χ1v) is 8.87. The molecule has 0 fully saturated rings. The van der Waals surface area contributed by atoms with Crippen LogP contribution in [0.2, 0.25) is 0 Å². The van der Waals surface area contributed by atoms with E-state index in [1.54, 1.807) is 20.3 Å². The Morgan fingerprint density at radius 3 is 2.22 bits per heavy atom. The lowest BCUT2D eigenvalue weighted by Gasteiger charge is -2.12. The predicted molar refractivity (Wildman–Crippen MR) is 99.1 cm³/mol. The molecule has 2 rings (SSSR count). The average Bonchev–Trinajstić information content (AvgIpc) is 2.62. The van der Waals surface area contributed by atoms with E-state index in [0.29, 0.717) is 30.0 Å². The van der Waals surface area contributed by atoms with Gasteiger partial charge in [-0.25, -0.2) is 0 Å². The lowest BCUT2D eigenvalue weighted by molar-refractivity contribution is -0.137. The fraction of sp³-hybridized carbons (Fsp3) is 0.316. The Bertz CT molecular complexity index is 792. The fourth-order valence-corrected chi connectivity index (χ4v) is 3.00. The van der Waals surface area contributed by atoms with Crippen molar-refractivity contribution >= 4 is 21.8 Å². The van der Waals surface area contributed by atoms with E-state index in [4.69, 9.17) is 9.47 Å². The van der Waals surface area contributed by atoms with E-state index < -0.39 is 11.7 Å². The van der Waals surface area contributed by atoms with Crippen molar-refractivity contribution in [3.05, 3.63) is 57.6 Å². The molecular formula is C19H19BrF3NO3. The summed E-state index contributed by atoms with van der Waals surface area (Å²) in [6, 6.07) is 8.19. The van der Waals surface area contributed by atoms with Gasteiger partial charge in [-0.15, -0.1) is 0 Å². The first kappa shape index (κ1) is 21.1. The molecule has 0 saturated carbocycles. The third-order valence-electron chi connectivity index (χ3n) is 3.92. The van der Waals surface area contributed by atoms with Crippen molar-refractivity contribution < 1.29 is 27.4 Å². The van der Waals surface area contributed by atoms with Crippen LogP contribution in [0.5, 0.6) is 11.5 Å². The Morgan fingerprint density at radius 2 is 1.67 bits per heavy atom. The van der Waals surface area contributed by atoms with E-state index in [2.05, 4.69) is 21.2 Å². The second kappa shape index (κ2) is 9.12. The Labute approximate surface area is 163 Å². The topological polar surface area (TPSA) is 47.6 Å². The zero-order valence-corrected chi connectivity index (χ0v) is 16.4. The number of benzene rings is 2. The van der Waals surface area contributed by atoms with Gasteiger partial charge in [0, 0.05) is 11.0 Å². The van der Waals surface area contributed by atoms with Gasteiger partial charge in [-0.2, -0.15) is 13.2 Å². The molecule has 0 unspecified atom stereocenters. The number of carbonyl (C=O) groups excluding carboxylic acids is 1. The zero-order valence-electron chi connectivity index (χ0n) is 14.8. The largest absolute Gasteiger partial charge is 0.493 e. The van der Waals surface area contributed by atoms with Crippen molar-refractivity contribution in [2.45, 2.75) is 19.0 Å². The molecule has 1 amide bonds. The minimum absolute atomic E-state index is 0.0191. The molecule has 0 saturated heterocycles. The lowest BCUT2D eigenvalue weighted by atomic mass is 10.1. The molecule has 0 radical (unpaired) electrons. The number of halogens is 4.